The van der Waals surface area contributed by atoms with Gasteiger partial charge in [0.25, 0.3) is 5.91 Å². The molecule has 2 aromatic heterocycles. The second-order valence-corrected chi connectivity index (χ2v) is 4.92. The van der Waals surface area contributed by atoms with Gasteiger partial charge in [0.2, 0.25) is 0 Å². The Kier molecular flexibility index (Phi) is 4.74. The summed E-state index contributed by atoms with van der Waals surface area (Å²) in [6, 6.07) is 0. The van der Waals surface area contributed by atoms with Crippen molar-refractivity contribution in [2.75, 3.05) is 12.3 Å². The van der Waals surface area contributed by atoms with Gasteiger partial charge in [-0.25, -0.2) is 14.7 Å². The minimum absolute atomic E-state index is 0.187. The van der Waals surface area contributed by atoms with Crippen LogP contribution in [0.3, 0.4) is 0 Å². The number of amides is 1. The van der Waals surface area contributed by atoms with Crippen LogP contribution in [0, 0.1) is 0 Å². The lowest BCUT2D eigenvalue weighted by atomic mass is 10.1. The molecule has 2 heterocycles. The zero-order valence-electron chi connectivity index (χ0n) is 12.4. The molecule has 0 fully saturated rings. The van der Waals surface area contributed by atoms with Gasteiger partial charge in [-0.3, -0.25) is 10.0 Å². The molecular weight excluding hydrogens is 270 g/mol. The predicted molar refractivity (Wildman–Crippen MR) is 80.0 cm³/mol. The molecule has 0 aromatic carbocycles. The standard InChI is InChI=1S/C14H21N5O2/c1-3-5-6-7-18-13-10(9-17-18)12(15)11(8-16-13)14(20)19(21)4-2/h8-9,21H,3-7H2,1-2H3,(H2,15,16). The number of hydrogen-bond donors (Lipinski definition) is 2. The van der Waals surface area contributed by atoms with Gasteiger partial charge in [-0.2, -0.15) is 5.10 Å². The molecule has 0 atom stereocenters. The van der Waals surface area contributed by atoms with Crippen LogP contribution in [0.2, 0.25) is 0 Å². The van der Waals surface area contributed by atoms with Gasteiger partial charge in [-0.05, 0) is 13.3 Å². The summed E-state index contributed by atoms with van der Waals surface area (Å²) >= 11 is 0. The van der Waals surface area contributed by atoms with Crippen molar-refractivity contribution >= 4 is 22.6 Å². The van der Waals surface area contributed by atoms with Gasteiger partial charge in [0.15, 0.2) is 5.65 Å². The van der Waals surface area contributed by atoms with Crippen LogP contribution in [0.4, 0.5) is 5.69 Å². The van der Waals surface area contributed by atoms with E-state index in [-0.39, 0.29) is 12.1 Å². The average Bonchev–Trinajstić information content (AvgIpc) is 2.90. The average molecular weight is 291 g/mol. The molecule has 7 heteroatoms. The van der Waals surface area contributed by atoms with Crippen molar-refractivity contribution in [3.63, 3.8) is 0 Å². The van der Waals surface area contributed by atoms with E-state index in [4.69, 9.17) is 5.73 Å². The Morgan fingerprint density at radius 1 is 1.38 bits per heavy atom. The van der Waals surface area contributed by atoms with Gasteiger partial charge >= 0.3 is 0 Å². The molecule has 2 aromatic rings. The van der Waals surface area contributed by atoms with Crippen molar-refractivity contribution in [2.24, 2.45) is 0 Å². The first-order valence-electron chi connectivity index (χ1n) is 7.20. The summed E-state index contributed by atoms with van der Waals surface area (Å²) in [5, 5.41) is 15.0. The molecule has 2 rings (SSSR count). The van der Waals surface area contributed by atoms with Crippen LogP contribution in [0.15, 0.2) is 12.4 Å². The number of pyridine rings is 1. The number of rotatable bonds is 6. The van der Waals surface area contributed by atoms with Crippen LogP contribution in [0.25, 0.3) is 11.0 Å². The highest BCUT2D eigenvalue weighted by atomic mass is 16.5. The van der Waals surface area contributed by atoms with Crippen LogP contribution < -0.4 is 5.73 Å². The van der Waals surface area contributed by atoms with Gasteiger partial charge in [0, 0.05) is 19.3 Å². The number of nitrogen functional groups attached to an aromatic ring is 1. The highest BCUT2D eigenvalue weighted by molar-refractivity contribution is 6.05. The Morgan fingerprint density at radius 3 is 2.81 bits per heavy atom. The largest absolute Gasteiger partial charge is 0.397 e. The van der Waals surface area contributed by atoms with E-state index in [0.717, 1.165) is 25.8 Å². The summed E-state index contributed by atoms with van der Waals surface area (Å²) in [4.78, 5) is 16.3. The van der Waals surface area contributed by atoms with Crippen LogP contribution in [0.1, 0.15) is 43.5 Å². The smallest absolute Gasteiger partial charge is 0.280 e. The number of anilines is 1. The number of aromatic nitrogens is 3. The second-order valence-electron chi connectivity index (χ2n) is 4.92. The minimum Gasteiger partial charge on any atom is -0.397 e. The number of hydrogen-bond acceptors (Lipinski definition) is 5. The Balaban J connectivity index is 2.33. The van der Waals surface area contributed by atoms with Crippen LogP contribution in [-0.2, 0) is 6.54 Å². The normalized spacial score (nSPS) is 11.0. The van der Waals surface area contributed by atoms with Crippen LogP contribution >= 0.6 is 0 Å². The summed E-state index contributed by atoms with van der Waals surface area (Å²) in [6.45, 7) is 4.78. The molecule has 3 N–H and O–H groups in total. The predicted octanol–water partition coefficient (Wildman–Crippen LogP) is 2.05. The lowest BCUT2D eigenvalue weighted by Crippen LogP contribution is -2.27. The molecule has 0 aliphatic rings. The third-order valence-corrected chi connectivity index (χ3v) is 3.45. The van der Waals surface area contributed by atoms with E-state index in [1.807, 2.05) is 0 Å². The van der Waals surface area contributed by atoms with E-state index in [9.17, 15) is 10.0 Å². The summed E-state index contributed by atoms with van der Waals surface area (Å²) in [7, 11) is 0. The van der Waals surface area contributed by atoms with Gasteiger partial charge in [-0.1, -0.05) is 19.8 Å². The molecule has 21 heavy (non-hydrogen) atoms. The number of nitrogens with two attached hydrogens (primary N) is 1. The van der Waals surface area contributed by atoms with E-state index in [1.165, 1.54) is 6.20 Å². The Hall–Kier alpha value is -2.15. The molecular formula is C14H21N5O2. The molecule has 114 valence electrons. The lowest BCUT2D eigenvalue weighted by Gasteiger charge is -2.13. The van der Waals surface area contributed by atoms with Crippen molar-refractivity contribution in [1.29, 1.82) is 0 Å². The molecule has 0 spiro atoms. The summed E-state index contributed by atoms with van der Waals surface area (Å²) in [5.74, 6) is -0.553. The van der Waals surface area contributed by atoms with Crippen molar-refractivity contribution in [3.05, 3.63) is 18.0 Å². The fraction of sp³-hybridized carbons (Fsp3) is 0.500. The first kappa shape index (κ1) is 15.2. The summed E-state index contributed by atoms with van der Waals surface area (Å²) in [6.07, 6.45) is 6.31. The highest BCUT2D eigenvalue weighted by Gasteiger charge is 2.19. The number of unbranched alkanes of at least 4 members (excludes halogenated alkanes) is 2. The Bertz CT molecular complexity index is 638. The maximum absolute atomic E-state index is 12.0. The Morgan fingerprint density at radius 2 is 2.14 bits per heavy atom. The van der Waals surface area contributed by atoms with Gasteiger partial charge < -0.3 is 5.73 Å². The molecule has 0 saturated carbocycles. The van der Waals surface area contributed by atoms with E-state index in [0.29, 0.717) is 21.8 Å². The molecule has 0 radical (unpaired) electrons. The maximum atomic E-state index is 12.0. The van der Waals surface area contributed by atoms with Crippen molar-refractivity contribution in [3.8, 4) is 0 Å². The number of carbonyl (C=O) groups excluding carboxylic acids is 1. The summed E-state index contributed by atoms with van der Waals surface area (Å²) < 4.78 is 1.80. The number of carbonyl (C=O) groups is 1. The zero-order valence-corrected chi connectivity index (χ0v) is 12.4. The van der Waals surface area contributed by atoms with Crippen LogP contribution in [-0.4, -0.2) is 37.5 Å². The second kappa shape index (κ2) is 6.53. The lowest BCUT2D eigenvalue weighted by molar-refractivity contribution is -0.0541. The van der Waals surface area contributed by atoms with Crippen molar-refractivity contribution in [1.82, 2.24) is 19.8 Å². The van der Waals surface area contributed by atoms with Crippen molar-refractivity contribution in [2.45, 2.75) is 39.7 Å². The molecule has 0 aliphatic heterocycles. The fourth-order valence-corrected chi connectivity index (χ4v) is 2.17. The van der Waals surface area contributed by atoms with E-state index in [1.54, 1.807) is 17.8 Å². The monoisotopic (exact) mass is 291 g/mol. The Labute approximate surface area is 123 Å². The third-order valence-electron chi connectivity index (χ3n) is 3.45. The van der Waals surface area contributed by atoms with Gasteiger partial charge in [0.05, 0.1) is 22.8 Å². The molecule has 7 nitrogen and oxygen atoms in total. The van der Waals surface area contributed by atoms with Gasteiger partial charge in [-0.15, -0.1) is 0 Å². The number of hydroxylamine groups is 2. The zero-order chi connectivity index (χ0) is 15.4. The SMILES string of the molecule is CCCCCn1ncc2c(N)c(C(=O)N(O)CC)cnc21. The molecule has 1 amide bonds. The maximum Gasteiger partial charge on any atom is 0.280 e. The number of aryl methyl sites for hydroxylation is 1. The highest BCUT2D eigenvalue weighted by Crippen LogP contribution is 2.23. The molecule has 0 unspecified atom stereocenters. The first-order chi connectivity index (χ1) is 10.1. The van der Waals surface area contributed by atoms with E-state index in [2.05, 4.69) is 17.0 Å². The van der Waals surface area contributed by atoms with E-state index >= 15 is 0 Å². The quantitative estimate of drug-likeness (QED) is 0.482. The number of fused-ring (bicyclic) bond motifs is 1. The molecule has 0 bridgehead atoms. The minimum atomic E-state index is -0.553. The number of nitrogens with zero attached hydrogens (tertiary/aromatic N) is 4. The van der Waals surface area contributed by atoms with E-state index < -0.39 is 5.91 Å². The fourth-order valence-electron chi connectivity index (χ4n) is 2.17. The summed E-state index contributed by atoms with van der Waals surface area (Å²) in [5.41, 5.74) is 7.20. The van der Waals surface area contributed by atoms with Crippen molar-refractivity contribution < 1.29 is 10.0 Å². The third kappa shape index (κ3) is 2.97. The molecule has 0 aliphatic carbocycles. The first-order valence-corrected chi connectivity index (χ1v) is 7.20. The van der Waals surface area contributed by atoms with Crippen LogP contribution in [0.5, 0.6) is 0 Å². The van der Waals surface area contributed by atoms with Gasteiger partial charge in [0.1, 0.15) is 0 Å². The topological polar surface area (TPSA) is 97.3 Å². The molecule has 0 saturated heterocycles.